The van der Waals surface area contributed by atoms with Gasteiger partial charge in [0.05, 0.1) is 6.54 Å². The van der Waals surface area contributed by atoms with Crippen molar-refractivity contribution in [2.45, 2.75) is 19.6 Å². The van der Waals surface area contributed by atoms with Gasteiger partial charge < -0.3 is 14.8 Å². The molecule has 0 spiro atoms. The first-order chi connectivity index (χ1) is 12.8. The predicted octanol–water partition coefficient (Wildman–Crippen LogP) is 3.76. The molecule has 0 aliphatic rings. The molecule has 0 unspecified atom stereocenters. The average Bonchev–Trinajstić information content (AvgIpc) is 3.11. The van der Waals surface area contributed by atoms with Gasteiger partial charge in [-0.3, -0.25) is 4.99 Å². The number of hydrogen-bond donors (Lipinski definition) is 1. The smallest absolute Gasteiger partial charge is 0.194 e. The first-order valence-corrected chi connectivity index (χ1v) is 8.76. The summed E-state index contributed by atoms with van der Waals surface area (Å²) in [6.45, 7) is 2.25. The predicted molar refractivity (Wildman–Crippen MR) is 121 cm³/mol. The third-order valence-electron chi connectivity index (χ3n) is 4.24. The van der Waals surface area contributed by atoms with E-state index in [0.29, 0.717) is 6.54 Å². The Kier molecular flexibility index (Phi) is 8.32. The van der Waals surface area contributed by atoms with Crippen molar-refractivity contribution in [3.8, 4) is 0 Å². The highest BCUT2D eigenvalue weighted by Gasteiger charge is 2.09. The van der Waals surface area contributed by atoms with Crippen molar-refractivity contribution in [1.29, 1.82) is 0 Å². The lowest BCUT2D eigenvalue weighted by atomic mass is 10.2. The molecule has 0 atom stereocenters. The fraction of sp³-hybridized carbons (Fsp3) is 0.238. The Bertz CT molecular complexity index is 830. The standard InChI is InChI=1S/C21H25N5.HI/c1-22-21(25(2)16-18-9-5-3-6-10-18)24-15-20-23-13-14-26(20)17-19-11-7-4-8-12-19;/h3-14H,15-17H2,1-2H3,(H,22,24);1H. The van der Waals surface area contributed by atoms with Gasteiger partial charge in [-0.05, 0) is 11.1 Å². The number of imidazole rings is 1. The highest BCUT2D eigenvalue weighted by atomic mass is 127. The summed E-state index contributed by atoms with van der Waals surface area (Å²) in [5, 5.41) is 3.41. The normalized spacial score (nSPS) is 11.0. The minimum Gasteiger partial charge on any atom is -0.349 e. The molecule has 0 aliphatic heterocycles. The van der Waals surface area contributed by atoms with Crippen LogP contribution in [0.15, 0.2) is 78.0 Å². The van der Waals surface area contributed by atoms with E-state index in [1.165, 1.54) is 11.1 Å². The van der Waals surface area contributed by atoms with Gasteiger partial charge in [0.1, 0.15) is 5.82 Å². The van der Waals surface area contributed by atoms with Crippen LogP contribution in [0.3, 0.4) is 0 Å². The minimum absolute atomic E-state index is 0. The molecule has 0 aliphatic carbocycles. The van der Waals surface area contributed by atoms with E-state index in [-0.39, 0.29) is 24.0 Å². The molecule has 0 radical (unpaired) electrons. The van der Waals surface area contributed by atoms with Gasteiger partial charge in [-0.15, -0.1) is 24.0 Å². The van der Waals surface area contributed by atoms with Crippen molar-refractivity contribution in [2.75, 3.05) is 14.1 Å². The SMILES string of the molecule is CN=C(NCc1nccn1Cc1ccccc1)N(C)Cc1ccccc1.I. The van der Waals surface area contributed by atoms with Crippen LogP contribution in [0.4, 0.5) is 0 Å². The average molecular weight is 475 g/mol. The van der Waals surface area contributed by atoms with Crippen molar-refractivity contribution in [3.63, 3.8) is 0 Å². The van der Waals surface area contributed by atoms with Crippen LogP contribution < -0.4 is 5.32 Å². The first-order valence-electron chi connectivity index (χ1n) is 8.76. The van der Waals surface area contributed by atoms with Gasteiger partial charge >= 0.3 is 0 Å². The van der Waals surface area contributed by atoms with Crippen molar-refractivity contribution in [3.05, 3.63) is 90.0 Å². The van der Waals surface area contributed by atoms with E-state index in [4.69, 9.17) is 0 Å². The molecule has 3 aromatic rings. The number of aliphatic imine (C=N–C) groups is 1. The summed E-state index contributed by atoms with van der Waals surface area (Å²) in [7, 11) is 3.85. The first kappa shape index (κ1) is 21.0. The van der Waals surface area contributed by atoms with Gasteiger partial charge in [0.15, 0.2) is 5.96 Å². The van der Waals surface area contributed by atoms with E-state index in [1.54, 1.807) is 7.05 Å². The van der Waals surface area contributed by atoms with Crippen LogP contribution in [0.5, 0.6) is 0 Å². The summed E-state index contributed by atoms with van der Waals surface area (Å²) in [4.78, 5) is 11.0. The molecule has 6 heteroatoms. The van der Waals surface area contributed by atoms with Gasteiger partial charge in [0.2, 0.25) is 0 Å². The van der Waals surface area contributed by atoms with E-state index < -0.39 is 0 Å². The number of halogens is 1. The van der Waals surface area contributed by atoms with Gasteiger partial charge in [-0.2, -0.15) is 0 Å². The fourth-order valence-electron chi connectivity index (χ4n) is 2.91. The molecule has 1 heterocycles. The topological polar surface area (TPSA) is 45.5 Å². The summed E-state index contributed by atoms with van der Waals surface area (Å²) >= 11 is 0. The van der Waals surface area contributed by atoms with Crippen LogP contribution in [-0.4, -0.2) is 34.5 Å². The van der Waals surface area contributed by atoms with E-state index >= 15 is 0 Å². The largest absolute Gasteiger partial charge is 0.349 e. The second kappa shape index (κ2) is 10.7. The van der Waals surface area contributed by atoms with Crippen molar-refractivity contribution >= 4 is 29.9 Å². The molecule has 142 valence electrons. The second-order valence-electron chi connectivity index (χ2n) is 6.20. The zero-order valence-electron chi connectivity index (χ0n) is 15.7. The molecule has 0 saturated carbocycles. The van der Waals surface area contributed by atoms with Gasteiger partial charge in [-0.25, -0.2) is 4.98 Å². The van der Waals surface area contributed by atoms with Crippen LogP contribution in [0.2, 0.25) is 0 Å². The van der Waals surface area contributed by atoms with Gasteiger partial charge in [-0.1, -0.05) is 60.7 Å². The van der Waals surface area contributed by atoms with Crippen LogP contribution in [0.25, 0.3) is 0 Å². The lowest BCUT2D eigenvalue weighted by Gasteiger charge is -2.22. The van der Waals surface area contributed by atoms with Gasteiger partial charge in [0.25, 0.3) is 0 Å². The van der Waals surface area contributed by atoms with E-state index in [0.717, 1.165) is 24.9 Å². The van der Waals surface area contributed by atoms with Crippen molar-refractivity contribution < 1.29 is 0 Å². The molecular weight excluding hydrogens is 449 g/mol. The van der Waals surface area contributed by atoms with Crippen LogP contribution >= 0.6 is 24.0 Å². The zero-order chi connectivity index (χ0) is 18.2. The third-order valence-corrected chi connectivity index (χ3v) is 4.24. The Morgan fingerprint density at radius 3 is 2.30 bits per heavy atom. The number of hydrogen-bond acceptors (Lipinski definition) is 2. The Morgan fingerprint density at radius 2 is 1.67 bits per heavy atom. The maximum absolute atomic E-state index is 4.49. The molecule has 0 fully saturated rings. The number of nitrogens with zero attached hydrogens (tertiary/aromatic N) is 4. The highest BCUT2D eigenvalue weighted by molar-refractivity contribution is 14.0. The number of rotatable bonds is 6. The second-order valence-corrected chi connectivity index (χ2v) is 6.20. The lowest BCUT2D eigenvalue weighted by molar-refractivity contribution is 0.474. The molecule has 27 heavy (non-hydrogen) atoms. The van der Waals surface area contributed by atoms with E-state index in [2.05, 4.69) is 73.3 Å². The van der Waals surface area contributed by atoms with E-state index in [9.17, 15) is 0 Å². The van der Waals surface area contributed by atoms with Crippen LogP contribution in [0.1, 0.15) is 17.0 Å². The number of guanidine groups is 1. The summed E-state index contributed by atoms with van der Waals surface area (Å²) in [5.41, 5.74) is 2.51. The summed E-state index contributed by atoms with van der Waals surface area (Å²) in [6.07, 6.45) is 3.86. The minimum atomic E-state index is 0. The molecule has 0 saturated heterocycles. The molecule has 0 amide bonds. The molecule has 0 bridgehead atoms. The molecule has 1 aromatic heterocycles. The summed E-state index contributed by atoms with van der Waals surface area (Å²) in [5.74, 6) is 1.84. The number of benzene rings is 2. The number of nitrogens with one attached hydrogen (secondary N) is 1. The van der Waals surface area contributed by atoms with Crippen molar-refractivity contribution in [1.82, 2.24) is 19.8 Å². The highest BCUT2D eigenvalue weighted by Crippen LogP contribution is 2.06. The quantitative estimate of drug-likeness (QED) is 0.336. The van der Waals surface area contributed by atoms with Crippen LogP contribution in [0, 0.1) is 0 Å². The van der Waals surface area contributed by atoms with E-state index in [1.807, 2.05) is 31.6 Å². The zero-order valence-corrected chi connectivity index (χ0v) is 18.1. The Hall–Kier alpha value is -2.35. The molecular formula is C21H26IN5. The summed E-state index contributed by atoms with van der Waals surface area (Å²) in [6, 6.07) is 20.8. The number of aromatic nitrogens is 2. The maximum atomic E-state index is 4.49. The third kappa shape index (κ3) is 6.09. The van der Waals surface area contributed by atoms with Crippen LogP contribution in [-0.2, 0) is 19.6 Å². The molecule has 1 N–H and O–H groups in total. The Balaban J connectivity index is 0.00000261. The monoisotopic (exact) mass is 475 g/mol. The maximum Gasteiger partial charge on any atom is 0.194 e. The molecule has 2 aromatic carbocycles. The Labute approximate surface area is 178 Å². The molecule has 5 nitrogen and oxygen atoms in total. The Morgan fingerprint density at radius 1 is 1.04 bits per heavy atom. The summed E-state index contributed by atoms with van der Waals surface area (Å²) < 4.78 is 2.16. The van der Waals surface area contributed by atoms with Crippen molar-refractivity contribution in [2.24, 2.45) is 4.99 Å². The lowest BCUT2D eigenvalue weighted by Crippen LogP contribution is -2.38. The van der Waals surface area contributed by atoms with Gasteiger partial charge in [0, 0.05) is 39.6 Å². The fourth-order valence-corrected chi connectivity index (χ4v) is 2.91. The molecule has 3 rings (SSSR count).